The van der Waals surface area contributed by atoms with E-state index in [1.54, 1.807) is 12.7 Å². The summed E-state index contributed by atoms with van der Waals surface area (Å²) < 4.78 is 0. The van der Waals surface area contributed by atoms with Gasteiger partial charge in [-0.15, -0.1) is 0 Å². The van der Waals surface area contributed by atoms with Crippen LogP contribution in [0.4, 0.5) is 5.69 Å². The Morgan fingerprint density at radius 3 is 2.44 bits per heavy atom. The van der Waals surface area contributed by atoms with E-state index < -0.39 is 0 Å². The van der Waals surface area contributed by atoms with Crippen LogP contribution in [0, 0.1) is 0 Å². The Morgan fingerprint density at radius 1 is 0.889 bits per heavy atom. The molecule has 0 atom stereocenters. The highest BCUT2D eigenvalue weighted by Crippen LogP contribution is 2.06. The molecule has 0 aliphatic rings. The van der Waals surface area contributed by atoms with E-state index in [9.17, 15) is 0 Å². The van der Waals surface area contributed by atoms with Crippen LogP contribution in [-0.4, -0.2) is 21.5 Å². The summed E-state index contributed by atoms with van der Waals surface area (Å²) >= 11 is 0. The van der Waals surface area contributed by atoms with Gasteiger partial charge in [-0.3, -0.25) is 0 Å². The van der Waals surface area contributed by atoms with E-state index >= 15 is 0 Å². The number of aryl methyl sites for hydroxylation is 1. The molecule has 0 bridgehead atoms. The quantitative estimate of drug-likeness (QED) is 0.758. The number of para-hydroxylation sites is 1. The first-order chi connectivity index (χ1) is 8.95. The number of rotatable bonds is 7. The molecule has 0 aliphatic carbocycles. The normalized spacial score (nSPS) is 10.2. The van der Waals surface area contributed by atoms with E-state index in [2.05, 4.69) is 32.4 Å². The largest absolute Gasteiger partial charge is 0.385 e. The molecule has 18 heavy (non-hydrogen) atoms. The highest BCUT2D eigenvalue weighted by atomic mass is 15.0. The van der Waals surface area contributed by atoms with Gasteiger partial charge in [0.2, 0.25) is 0 Å². The van der Waals surface area contributed by atoms with E-state index in [4.69, 9.17) is 0 Å². The number of hydrogen-bond donors (Lipinski definition) is 1. The molecule has 0 radical (unpaired) electrons. The lowest BCUT2D eigenvalue weighted by Gasteiger charge is -2.05. The Labute approximate surface area is 108 Å². The van der Waals surface area contributed by atoms with Crippen molar-refractivity contribution >= 4 is 5.69 Å². The summed E-state index contributed by atoms with van der Waals surface area (Å²) in [5.41, 5.74) is 1.19. The number of nitrogens with one attached hydrogen (secondary N) is 1. The molecule has 0 saturated carbocycles. The predicted octanol–water partition coefficient (Wildman–Crippen LogP) is 2.70. The van der Waals surface area contributed by atoms with Crippen molar-refractivity contribution < 1.29 is 0 Å². The van der Waals surface area contributed by atoms with Crippen molar-refractivity contribution in [1.82, 2.24) is 15.0 Å². The summed E-state index contributed by atoms with van der Waals surface area (Å²) in [5.74, 6) is 0.890. The number of nitrogens with zero attached hydrogens (tertiary/aromatic N) is 3. The van der Waals surface area contributed by atoms with Crippen LogP contribution in [0.25, 0.3) is 0 Å². The van der Waals surface area contributed by atoms with Crippen molar-refractivity contribution in [3.05, 3.63) is 48.8 Å². The molecule has 4 heteroatoms. The third-order valence-electron chi connectivity index (χ3n) is 2.73. The van der Waals surface area contributed by atoms with Crippen LogP contribution in [0.2, 0.25) is 0 Å². The second-order valence-electron chi connectivity index (χ2n) is 4.16. The lowest BCUT2D eigenvalue weighted by atomic mass is 10.2. The number of aromatic nitrogens is 3. The van der Waals surface area contributed by atoms with Gasteiger partial charge in [-0.2, -0.15) is 0 Å². The van der Waals surface area contributed by atoms with Gasteiger partial charge in [0.15, 0.2) is 0 Å². The predicted molar refractivity (Wildman–Crippen MR) is 72.3 cm³/mol. The maximum atomic E-state index is 4.11. The summed E-state index contributed by atoms with van der Waals surface area (Å²) in [5, 5.41) is 3.40. The minimum atomic E-state index is 0.890. The van der Waals surface area contributed by atoms with E-state index in [1.165, 1.54) is 18.5 Å². The summed E-state index contributed by atoms with van der Waals surface area (Å²) in [6, 6.07) is 10.3. The Morgan fingerprint density at radius 2 is 1.67 bits per heavy atom. The fourth-order valence-corrected chi connectivity index (χ4v) is 1.77. The molecule has 0 aliphatic heterocycles. The molecule has 1 aromatic carbocycles. The van der Waals surface area contributed by atoms with Crippen molar-refractivity contribution in [3.8, 4) is 0 Å². The van der Waals surface area contributed by atoms with Crippen LogP contribution < -0.4 is 5.32 Å². The zero-order valence-electron chi connectivity index (χ0n) is 10.4. The summed E-state index contributed by atoms with van der Waals surface area (Å²) in [7, 11) is 0. The molecular formula is C14H18N4. The lowest BCUT2D eigenvalue weighted by Crippen LogP contribution is -2.01. The fourth-order valence-electron chi connectivity index (χ4n) is 1.77. The number of unbranched alkanes of at least 4 members (excludes halogenated alkanes) is 2. The fraction of sp³-hybridized carbons (Fsp3) is 0.357. The SMILES string of the molecule is c1ccc(NCCCCCc2ncncn2)cc1. The molecule has 4 nitrogen and oxygen atoms in total. The van der Waals surface area contributed by atoms with Crippen molar-refractivity contribution in [2.24, 2.45) is 0 Å². The molecule has 1 N–H and O–H groups in total. The maximum absolute atomic E-state index is 4.11. The smallest absolute Gasteiger partial charge is 0.131 e. The Kier molecular flexibility index (Phi) is 5.12. The molecular weight excluding hydrogens is 224 g/mol. The molecule has 2 aromatic rings. The highest BCUT2D eigenvalue weighted by Gasteiger charge is 1.95. The van der Waals surface area contributed by atoms with Gasteiger partial charge in [-0.25, -0.2) is 15.0 Å². The van der Waals surface area contributed by atoms with Crippen LogP contribution in [0.3, 0.4) is 0 Å². The van der Waals surface area contributed by atoms with E-state index in [1.807, 2.05) is 18.2 Å². The summed E-state index contributed by atoms with van der Waals surface area (Å²) in [6.07, 6.45) is 7.53. The van der Waals surface area contributed by atoms with Gasteiger partial charge >= 0.3 is 0 Å². The average Bonchev–Trinajstić information content (AvgIpc) is 2.45. The van der Waals surface area contributed by atoms with Crippen LogP contribution in [0.15, 0.2) is 43.0 Å². The number of anilines is 1. The van der Waals surface area contributed by atoms with Crippen molar-refractivity contribution in [3.63, 3.8) is 0 Å². The third-order valence-corrected chi connectivity index (χ3v) is 2.73. The first-order valence-electron chi connectivity index (χ1n) is 6.35. The molecule has 94 valence electrons. The van der Waals surface area contributed by atoms with Crippen LogP contribution in [0.5, 0.6) is 0 Å². The topological polar surface area (TPSA) is 50.7 Å². The van der Waals surface area contributed by atoms with Gasteiger partial charge in [0.1, 0.15) is 18.5 Å². The van der Waals surface area contributed by atoms with E-state index in [-0.39, 0.29) is 0 Å². The van der Waals surface area contributed by atoms with Crippen LogP contribution >= 0.6 is 0 Å². The molecule has 0 spiro atoms. The summed E-state index contributed by atoms with van der Waals surface area (Å²) in [4.78, 5) is 12.0. The van der Waals surface area contributed by atoms with Gasteiger partial charge in [0.25, 0.3) is 0 Å². The second-order valence-corrected chi connectivity index (χ2v) is 4.16. The highest BCUT2D eigenvalue weighted by molar-refractivity contribution is 5.42. The van der Waals surface area contributed by atoms with Crippen molar-refractivity contribution in [1.29, 1.82) is 0 Å². The third kappa shape index (κ3) is 4.49. The molecule has 0 fully saturated rings. The minimum Gasteiger partial charge on any atom is -0.385 e. The van der Waals surface area contributed by atoms with E-state index in [0.717, 1.165) is 25.2 Å². The molecule has 0 amide bonds. The Hall–Kier alpha value is -1.97. The molecule has 2 rings (SSSR count). The number of hydrogen-bond acceptors (Lipinski definition) is 4. The first kappa shape index (κ1) is 12.5. The van der Waals surface area contributed by atoms with Gasteiger partial charge in [-0.05, 0) is 25.0 Å². The zero-order chi connectivity index (χ0) is 12.5. The van der Waals surface area contributed by atoms with Gasteiger partial charge in [0, 0.05) is 18.7 Å². The van der Waals surface area contributed by atoms with Crippen LogP contribution in [-0.2, 0) is 6.42 Å². The standard InChI is InChI=1S/C14H18N4/c1-3-7-13(8-4-1)16-10-6-2-5-9-14-17-11-15-12-18-14/h1,3-4,7-8,11-12,16H,2,5-6,9-10H2. The average molecular weight is 242 g/mol. The minimum absolute atomic E-state index is 0.890. The second kappa shape index (κ2) is 7.37. The molecule has 0 unspecified atom stereocenters. The molecule has 1 aromatic heterocycles. The Balaban J connectivity index is 1.54. The van der Waals surface area contributed by atoms with Crippen LogP contribution in [0.1, 0.15) is 25.1 Å². The van der Waals surface area contributed by atoms with Gasteiger partial charge in [-0.1, -0.05) is 24.6 Å². The zero-order valence-corrected chi connectivity index (χ0v) is 10.4. The Bertz CT molecular complexity index is 387. The molecule has 1 heterocycles. The van der Waals surface area contributed by atoms with Crippen molar-refractivity contribution in [2.45, 2.75) is 25.7 Å². The van der Waals surface area contributed by atoms with Crippen molar-refractivity contribution in [2.75, 3.05) is 11.9 Å². The first-order valence-corrected chi connectivity index (χ1v) is 6.35. The monoisotopic (exact) mass is 242 g/mol. The lowest BCUT2D eigenvalue weighted by molar-refractivity contribution is 0.675. The van der Waals surface area contributed by atoms with E-state index in [0.29, 0.717) is 0 Å². The maximum Gasteiger partial charge on any atom is 0.131 e. The molecule has 0 saturated heterocycles. The van der Waals surface area contributed by atoms with Gasteiger partial charge < -0.3 is 5.32 Å². The number of benzene rings is 1. The summed E-state index contributed by atoms with van der Waals surface area (Å²) in [6.45, 7) is 1.02. The van der Waals surface area contributed by atoms with Gasteiger partial charge in [0.05, 0.1) is 0 Å².